The Bertz CT molecular complexity index is 1200. The van der Waals surface area contributed by atoms with Gasteiger partial charge in [-0.05, 0) is 48.6 Å². The number of carbonyl (C=O) groups excluding carboxylic acids is 3. The molecule has 1 saturated heterocycles. The molecule has 0 aliphatic carbocycles. The van der Waals surface area contributed by atoms with E-state index in [2.05, 4.69) is 10.6 Å². The van der Waals surface area contributed by atoms with Gasteiger partial charge in [-0.25, -0.2) is 0 Å². The van der Waals surface area contributed by atoms with Gasteiger partial charge in [0.05, 0.1) is 11.3 Å². The van der Waals surface area contributed by atoms with Crippen molar-refractivity contribution in [1.29, 1.82) is 0 Å². The number of amides is 3. The summed E-state index contributed by atoms with van der Waals surface area (Å²) in [5.74, 6) is -0.588. The lowest BCUT2D eigenvalue weighted by Crippen LogP contribution is -2.41. The van der Waals surface area contributed by atoms with Crippen LogP contribution in [-0.4, -0.2) is 42.3 Å². The molecule has 0 atom stereocenters. The van der Waals surface area contributed by atoms with Crippen LogP contribution in [-0.2, 0) is 16.0 Å². The van der Waals surface area contributed by atoms with Crippen molar-refractivity contribution in [3.63, 3.8) is 0 Å². The Labute approximate surface area is 212 Å². The fourth-order valence-corrected chi connectivity index (χ4v) is 4.28. The highest BCUT2D eigenvalue weighted by Crippen LogP contribution is 2.22. The molecule has 1 fully saturated rings. The van der Waals surface area contributed by atoms with Crippen molar-refractivity contribution in [2.24, 2.45) is 5.92 Å². The van der Waals surface area contributed by atoms with E-state index in [0.717, 1.165) is 17.5 Å². The number of rotatable bonds is 8. The second kappa shape index (κ2) is 12.5. The van der Waals surface area contributed by atoms with Crippen LogP contribution in [0.2, 0.25) is 0 Å². The van der Waals surface area contributed by atoms with E-state index in [0.29, 0.717) is 43.7 Å². The van der Waals surface area contributed by atoms with E-state index in [1.807, 2.05) is 66.7 Å². The largest absolute Gasteiger partial charge is 0.352 e. The standard InChI is InChI=1S/C30H31N3O3/c34-28(16-15-23-9-3-1-4-10-23)33-21-18-25(19-22-33)29(35)32-27-14-8-7-13-26(27)30(36)31-20-17-24-11-5-2-6-12-24/h1-16,25H,17-22H2,(H,31,36)(H,32,35). The third-order valence-corrected chi connectivity index (χ3v) is 6.37. The van der Waals surface area contributed by atoms with Crippen molar-refractivity contribution in [2.75, 3.05) is 25.0 Å². The van der Waals surface area contributed by atoms with Crippen molar-refractivity contribution in [1.82, 2.24) is 10.2 Å². The van der Waals surface area contributed by atoms with Gasteiger partial charge >= 0.3 is 0 Å². The second-order valence-corrected chi connectivity index (χ2v) is 8.87. The van der Waals surface area contributed by atoms with Crippen LogP contribution in [0.4, 0.5) is 5.69 Å². The molecule has 0 spiro atoms. The van der Waals surface area contributed by atoms with Crippen LogP contribution in [0, 0.1) is 5.92 Å². The fourth-order valence-electron chi connectivity index (χ4n) is 4.28. The summed E-state index contributed by atoms with van der Waals surface area (Å²) < 4.78 is 0. The van der Waals surface area contributed by atoms with Gasteiger partial charge in [0.25, 0.3) is 5.91 Å². The molecule has 1 aliphatic heterocycles. The molecule has 184 valence electrons. The van der Waals surface area contributed by atoms with E-state index in [9.17, 15) is 14.4 Å². The van der Waals surface area contributed by atoms with Gasteiger partial charge in [0.15, 0.2) is 0 Å². The monoisotopic (exact) mass is 481 g/mol. The topological polar surface area (TPSA) is 78.5 Å². The molecule has 2 N–H and O–H groups in total. The Kier molecular flexibility index (Phi) is 8.65. The smallest absolute Gasteiger partial charge is 0.253 e. The Morgan fingerprint density at radius 2 is 1.47 bits per heavy atom. The highest BCUT2D eigenvalue weighted by Gasteiger charge is 2.27. The van der Waals surface area contributed by atoms with E-state index in [4.69, 9.17) is 0 Å². The van der Waals surface area contributed by atoms with E-state index in [-0.39, 0.29) is 23.6 Å². The summed E-state index contributed by atoms with van der Waals surface area (Å²) in [5.41, 5.74) is 3.07. The third-order valence-electron chi connectivity index (χ3n) is 6.37. The molecular weight excluding hydrogens is 450 g/mol. The van der Waals surface area contributed by atoms with Crippen LogP contribution < -0.4 is 10.6 Å². The van der Waals surface area contributed by atoms with Crippen LogP contribution in [0.1, 0.15) is 34.3 Å². The number of hydrogen-bond donors (Lipinski definition) is 2. The molecule has 3 amide bonds. The molecule has 0 bridgehead atoms. The maximum atomic E-state index is 13.0. The van der Waals surface area contributed by atoms with E-state index in [1.54, 1.807) is 35.2 Å². The van der Waals surface area contributed by atoms with Crippen LogP contribution in [0.15, 0.2) is 91.0 Å². The van der Waals surface area contributed by atoms with Crippen LogP contribution in [0.5, 0.6) is 0 Å². The average molecular weight is 482 g/mol. The molecule has 3 aromatic carbocycles. The minimum absolute atomic E-state index is 0.0461. The number of piperidine rings is 1. The minimum Gasteiger partial charge on any atom is -0.352 e. The van der Waals surface area contributed by atoms with Gasteiger partial charge in [0, 0.05) is 31.6 Å². The van der Waals surface area contributed by atoms with Gasteiger partial charge in [-0.3, -0.25) is 14.4 Å². The summed E-state index contributed by atoms with van der Waals surface area (Å²) >= 11 is 0. The third kappa shape index (κ3) is 6.92. The number of likely N-dealkylation sites (tertiary alicyclic amines) is 1. The first-order valence-corrected chi connectivity index (χ1v) is 12.3. The second-order valence-electron chi connectivity index (χ2n) is 8.87. The Hall–Kier alpha value is -4.19. The van der Waals surface area contributed by atoms with Crippen LogP contribution in [0.3, 0.4) is 0 Å². The number of anilines is 1. The Morgan fingerprint density at radius 1 is 0.833 bits per heavy atom. The van der Waals surface area contributed by atoms with Crippen molar-refractivity contribution >= 4 is 29.5 Å². The summed E-state index contributed by atoms with van der Waals surface area (Å²) in [7, 11) is 0. The first-order valence-electron chi connectivity index (χ1n) is 12.3. The van der Waals surface area contributed by atoms with Gasteiger partial charge in [-0.2, -0.15) is 0 Å². The number of nitrogens with one attached hydrogen (secondary N) is 2. The number of hydrogen-bond acceptors (Lipinski definition) is 3. The highest BCUT2D eigenvalue weighted by atomic mass is 16.2. The van der Waals surface area contributed by atoms with E-state index >= 15 is 0 Å². The molecule has 0 unspecified atom stereocenters. The zero-order valence-electron chi connectivity index (χ0n) is 20.2. The van der Waals surface area contributed by atoms with E-state index in [1.165, 1.54) is 0 Å². The molecule has 6 nitrogen and oxygen atoms in total. The lowest BCUT2D eigenvalue weighted by Gasteiger charge is -2.30. The summed E-state index contributed by atoms with van der Waals surface area (Å²) in [6.45, 7) is 1.56. The molecule has 4 rings (SSSR count). The van der Waals surface area contributed by atoms with Crippen LogP contribution in [0.25, 0.3) is 6.08 Å². The van der Waals surface area contributed by atoms with Gasteiger partial charge in [-0.1, -0.05) is 72.8 Å². The molecule has 0 radical (unpaired) electrons. The SMILES string of the molecule is O=C(NCCc1ccccc1)c1ccccc1NC(=O)C1CCN(C(=O)C=Cc2ccccc2)CC1. The number of benzene rings is 3. The first-order chi connectivity index (χ1) is 17.6. The summed E-state index contributed by atoms with van der Waals surface area (Å²) in [6.07, 6.45) is 5.30. The minimum atomic E-state index is -0.215. The molecule has 0 aromatic heterocycles. The zero-order valence-corrected chi connectivity index (χ0v) is 20.2. The van der Waals surface area contributed by atoms with Gasteiger partial charge in [0.2, 0.25) is 11.8 Å². The summed E-state index contributed by atoms with van der Waals surface area (Å²) in [6, 6.07) is 26.7. The highest BCUT2D eigenvalue weighted by molar-refractivity contribution is 6.04. The Balaban J connectivity index is 1.27. The number of para-hydroxylation sites is 1. The maximum absolute atomic E-state index is 13.0. The zero-order chi connectivity index (χ0) is 25.2. The van der Waals surface area contributed by atoms with E-state index < -0.39 is 0 Å². The van der Waals surface area contributed by atoms with Crippen molar-refractivity contribution < 1.29 is 14.4 Å². The average Bonchev–Trinajstić information content (AvgIpc) is 2.93. The molecule has 0 saturated carbocycles. The lowest BCUT2D eigenvalue weighted by atomic mass is 9.95. The maximum Gasteiger partial charge on any atom is 0.253 e. The van der Waals surface area contributed by atoms with Gasteiger partial charge in [-0.15, -0.1) is 0 Å². The van der Waals surface area contributed by atoms with Gasteiger partial charge < -0.3 is 15.5 Å². The Morgan fingerprint density at radius 3 is 2.19 bits per heavy atom. The fraction of sp³-hybridized carbons (Fsp3) is 0.233. The summed E-state index contributed by atoms with van der Waals surface area (Å²) in [5, 5.41) is 5.88. The van der Waals surface area contributed by atoms with Crippen molar-refractivity contribution in [3.05, 3.63) is 108 Å². The van der Waals surface area contributed by atoms with Gasteiger partial charge in [0.1, 0.15) is 0 Å². The molecule has 1 heterocycles. The summed E-state index contributed by atoms with van der Waals surface area (Å²) in [4.78, 5) is 40.1. The lowest BCUT2D eigenvalue weighted by molar-refractivity contribution is -0.130. The predicted octanol–water partition coefficient (Wildman–Crippen LogP) is 4.55. The number of nitrogens with zero attached hydrogens (tertiary/aromatic N) is 1. The predicted molar refractivity (Wildman–Crippen MR) is 142 cm³/mol. The molecule has 36 heavy (non-hydrogen) atoms. The van der Waals surface area contributed by atoms with Crippen molar-refractivity contribution in [3.8, 4) is 0 Å². The quantitative estimate of drug-likeness (QED) is 0.464. The molecule has 6 heteroatoms. The number of carbonyl (C=O) groups is 3. The molecular formula is C30H31N3O3. The first kappa shape index (κ1) is 24.9. The molecule has 1 aliphatic rings. The van der Waals surface area contributed by atoms with Crippen LogP contribution >= 0.6 is 0 Å². The molecule has 3 aromatic rings. The van der Waals surface area contributed by atoms with Crippen molar-refractivity contribution in [2.45, 2.75) is 19.3 Å². The normalized spacial score (nSPS) is 13.9.